The lowest BCUT2D eigenvalue weighted by Crippen LogP contribution is -2.17. The van der Waals surface area contributed by atoms with Crippen molar-refractivity contribution in [1.82, 2.24) is 4.90 Å². The first-order valence-electron chi connectivity index (χ1n) is 14.3. The number of hydrogen-bond donors (Lipinski definition) is 1. The second-order valence-electron chi connectivity index (χ2n) is 10.1. The van der Waals surface area contributed by atoms with Crippen molar-refractivity contribution in [2.75, 3.05) is 17.8 Å². The van der Waals surface area contributed by atoms with Crippen molar-refractivity contribution in [2.24, 2.45) is 0 Å². The van der Waals surface area contributed by atoms with Crippen molar-refractivity contribution in [1.29, 1.82) is 0 Å². The van der Waals surface area contributed by atoms with Crippen LogP contribution >= 0.6 is 11.8 Å². The molecule has 202 valence electrons. The molecule has 1 heterocycles. The summed E-state index contributed by atoms with van der Waals surface area (Å²) in [4.78, 5) is 15.3. The van der Waals surface area contributed by atoms with Crippen LogP contribution in [-0.4, -0.2) is 23.3 Å². The third kappa shape index (κ3) is 10.9. The normalized spacial score (nSPS) is 13.0. The molecule has 37 heavy (non-hydrogen) atoms. The molecule has 1 aliphatic heterocycles. The number of unbranched alkanes of at least 4 members (excludes halogenated alkanes) is 11. The Morgan fingerprint density at radius 3 is 2.11 bits per heavy atom. The Morgan fingerprint density at radius 2 is 1.49 bits per heavy atom. The number of nitrogens with one attached hydrogen (secondary N) is 1. The van der Waals surface area contributed by atoms with Crippen LogP contribution in [0.3, 0.4) is 0 Å². The van der Waals surface area contributed by atoms with E-state index in [1.165, 1.54) is 81.9 Å². The number of amides is 1. The molecule has 4 nitrogen and oxygen atoms in total. The highest BCUT2D eigenvalue weighted by molar-refractivity contribution is 8.02. The molecule has 0 aliphatic carbocycles. The van der Waals surface area contributed by atoms with Gasteiger partial charge in [-0.3, -0.25) is 4.79 Å². The summed E-state index contributed by atoms with van der Waals surface area (Å²) >= 11 is 1.83. The second kappa shape index (κ2) is 17.2. The van der Waals surface area contributed by atoms with Gasteiger partial charge in [0.25, 0.3) is 5.91 Å². The summed E-state index contributed by atoms with van der Waals surface area (Å²) in [6.07, 6.45) is 15.9. The molecule has 0 bridgehead atoms. The standard InChI is InChI=1S/C32H46N2O2S/c1-3-4-5-6-7-8-9-10-11-12-13-16-23-36-31-18-15-14-17-30(31)32(35)33-29-21-19-28(20-22-29)24-34-26-37-25-27(34)2/h14-15,17-22,25H,3-13,16,23-24,26H2,1-2H3,(H,33,35). The van der Waals surface area contributed by atoms with E-state index in [-0.39, 0.29) is 5.91 Å². The van der Waals surface area contributed by atoms with Crippen molar-refractivity contribution in [3.8, 4) is 5.75 Å². The zero-order valence-electron chi connectivity index (χ0n) is 23.0. The monoisotopic (exact) mass is 522 g/mol. The van der Waals surface area contributed by atoms with Crippen LogP contribution in [-0.2, 0) is 6.54 Å². The molecule has 2 aromatic rings. The number of para-hydroxylation sites is 1. The number of hydrogen-bond acceptors (Lipinski definition) is 4. The Labute approximate surface area is 229 Å². The molecule has 1 N–H and O–H groups in total. The van der Waals surface area contributed by atoms with Crippen LogP contribution in [0.2, 0.25) is 0 Å². The summed E-state index contributed by atoms with van der Waals surface area (Å²) in [5.41, 5.74) is 3.93. The van der Waals surface area contributed by atoms with Gasteiger partial charge in [-0.05, 0) is 48.6 Å². The third-order valence-corrected chi connectivity index (χ3v) is 7.92. The van der Waals surface area contributed by atoms with Gasteiger partial charge in [0.15, 0.2) is 0 Å². The fraction of sp³-hybridized carbons (Fsp3) is 0.531. The largest absolute Gasteiger partial charge is 0.493 e. The number of benzene rings is 2. The number of rotatable bonds is 18. The number of carbonyl (C=O) groups excluding carboxylic acids is 1. The maximum Gasteiger partial charge on any atom is 0.259 e. The molecule has 0 atom stereocenters. The predicted octanol–water partition coefficient (Wildman–Crippen LogP) is 9.39. The van der Waals surface area contributed by atoms with E-state index >= 15 is 0 Å². The van der Waals surface area contributed by atoms with E-state index in [9.17, 15) is 4.79 Å². The van der Waals surface area contributed by atoms with Gasteiger partial charge in [-0.15, -0.1) is 11.8 Å². The van der Waals surface area contributed by atoms with E-state index in [1.807, 2.05) is 48.2 Å². The zero-order chi connectivity index (χ0) is 26.1. The first-order valence-corrected chi connectivity index (χ1v) is 15.4. The summed E-state index contributed by atoms with van der Waals surface area (Å²) in [5, 5.41) is 5.23. The average molecular weight is 523 g/mol. The Bertz CT molecular complexity index is 958. The fourth-order valence-electron chi connectivity index (χ4n) is 4.61. The van der Waals surface area contributed by atoms with Gasteiger partial charge >= 0.3 is 0 Å². The minimum absolute atomic E-state index is 0.132. The lowest BCUT2D eigenvalue weighted by atomic mass is 10.1. The lowest BCUT2D eigenvalue weighted by Gasteiger charge is -2.19. The molecule has 1 amide bonds. The molecule has 0 radical (unpaired) electrons. The summed E-state index contributed by atoms with van der Waals surface area (Å²) < 4.78 is 6.02. The smallest absolute Gasteiger partial charge is 0.259 e. The van der Waals surface area contributed by atoms with E-state index in [0.29, 0.717) is 17.9 Å². The average Bonchev–Trinajstić information content (AvgIpc) is 3.32. The van der Waals surface area contributed by atoms with Crippen molar-refractivity contribution < 1.29 is 9.53 Å². The Morgan fingerprint density at radius 1 is 0.865 bits per heavy atom. The van der Waals surface area contributed by atoms with E-state index in [0.717, 1.165) is 24.5 Å². The minimum atomic E-state index is -0.132. The van der Waals surface area contributed by atoms with Gasteiger partial charge in [0, 0.05) is 17.9 Å². The van der Waals surface area contributed by atoms with Crippen molar-refractivity contribution >= 4 is 23.4 Å². The van der Waals surface area contributed by atoms with Gasteiger partial charge in [0.2, 0.25) is 0 Å². The highest BCUT2D eigenvalue weighted by Gasteiger charge is 2.14. The van der Waals surface area contributed by atoms with Crippen LogP contribution in [0.1, 0.15) is 107 Å². The van der Waals surface area contributed by atoms with Gasteiger partial charge in [0.1, 0.15) is 5.75 Å². The van der Waals surface area contributed by atoms with E-state index in [2.05, 4.69) is 41.6 Å². The number of anilines is 1. The zero-order valence-corrected chi connectivity index (χ0v) is 23.8. The lowest BCUT2D eigenvalue weighted by molar-refractivity contribution is 0.102. The molecule has 0 unspecified atom stereocenters. The number of allylic oxidation sites excluding steroid dienone is 1. The summed E-state index contributed by atoms with van der Waals surface area (Å²) in [6, 6.07) is 15.7. The van der Waals surface area contributed by atoms with E-state index in [1.54, 1.807) is 0 Å². The van der Waals surface area contributed by atoms with E-state index < -0.39 is 0 Å². The molecule has 0 fully saturated rings. The van der Waals surface area contributed by atoms with Crippen LogP contribution in [0, 0.1) is 0 Å². The maximum absolute atomic E-state index is 13.0. The number of carbonyl (C=O) groups is 1. The van der Waals surface area contributed by atoms with Gasteiger partial charge < -0.3 is 15.0 Å². The van der Waals surface area contributed by atoms with Gasteiger partial charge in [0.05, 0.1) is 18.0 Å². The Hall–Kier alpha value is -2.40. The van der Waals surface area contributed by atoms with Crippen molar-refractivity contribution in [2.45, 2.75) is 97.4 Å². The van der Waals surface area contributed by atoms with Crippen LogP contribution in [0.4, 0.5) is 5.69 Å². The number of thioether (sulfide) groups is 1. The Balaban J connectivity index is 1.32. The van der Waals surface area contributed by atoms with Crippen LogP contribution < -0.4 is 10.1 Å². The number of ether oxygens (including phenoxy) is 1. The Kier molecular flexibility index (Phi) is 13.5. The SMILES string of the molecule is CCCCCCCCCCCCCCOc1ccccc1C(=O)Nc1ccc(CN2CSC=C2C)cc1. The molecule has 0 aromatic heterocycles. The fourth-order valence-corrected chi connectivity index (χ4v) is 5.55. The van der Waals surface area contributed by atoms with Crippen LogP contribution in [0.5, 0.6) is 5.75 Å². The highest BCUT2D eigenvalue weighted by atomic mass is 32.2. The first kappa shape index (κ1) is 29.2. The molecule has 5 heteroatoms. The predicted molar refractivity (Wildman–Crippen MR) is 159 cm³/mol. The highest BCUT2D eigenvalue weighted by Crippen LogP contribution is 2.25. The van der Waals surface area contributed by atoms with Crippen LogP contribution in [0.15, 0.2) is 59.6 Å². The molecular weight excluding hydrogens is 476 g/mol. The molecule has 1 aliphatic rings. The molecule has 0 saturated heterocycles. The third-order valence-electron chi connectivity index (χ3n) is 6.96. The quantitative estimate of drug-likeness (QED) is 0.198. The molecular formula is C32H46N2O2S. The van der Waals surface area contributed by atoms with Gasteiger partial charge in [-0.2, -0.15) is 0 Å². The van der Waals surface area contributed by atoms with Gasteiger partial charge in [-0.1, -0.05) is 102 Å². The molecule has 2 aromatic carbocycles. The summed E-state index contributed by atoms with van der Waals surface area (Å²) in [7, 11) is 0. The minimum Gasteiger partial charge on any atom is -0.493 e. The second-order valence-corrected chi connectivity index (χ2v) is 11.0. The van der Waals surface area contributed by atoms with Crippen molar-refractivity contribution in [3.05, 3.63) is 70.8 Å². The van der Waals surface area contributed by atoms with Gasteiger partial charge in [-0.25, -0.2) is 0 Å². The van der Waals surface area contributed by atoms with Crippen LogP contribution in [0.25, 0.3) is 0 Å². The summed E-state index contributed by atoms with van der Waals surface area (Å²) in [5.74, 6) is 1.53. The first-order chi connectivity index (χ1) is 18.2. The topological polar surface area (TPSA) is 41.6 Å². The number of nitrogens with zero attached hydrogens (tertiary/aromatic N) is 1. The van der Waals surface area contributed by atoms with Crippen molar-refractivity contribution in [3.63, 3.8) is 0 Å². The maximum atomic E-state index is 13.0. The molecule has 0 saturated carbocycles. The molecule has 0 spiro atoms. The molecule has 3 rings (SSSR count). The summed E-state index contributed by atoms with van der Waals surface area (Å²) in [6.45, 7) is 5.96. The van der Waals surface area contributed by atoms with E-state index in [4.69, 9.17) is 4.74 Å².